The largest absolute Gasteiger partial charge is 0.478 e. The lowest BCUT2D eigenvalue weighted by Gasteiger charge is -2.09. The molecular weight excluding hydrogens is 389 g/mol. The van der Waals surface area contributed by atoms with Crippen molar-refractivity contribution in [1.29, 1.82) is 0 Å². The van der Waals surface area contributed by atoms with Gasteiger partial charge in [0.25, 0.3) is 0 Å². The third-order valence-corrected chi connectivity index (χ3v) is 4.81. The second-order valence-corrected chi connectivity index (χ2v) is 6.42. The summed E-state index contributed by atoms with van der Waals surface area (Å²) in [6.07, 6.45) is 1.47. The number of fused-ring (bicyclic) bond motifs is 1. The Balaban J connectivity index is 0.00000210. The number of aromatic carboxylic acids is 1. The smallest absolute Gasteiger partial charge is 0.335 e. The number of nitrogens with zero attached hydrogens (tertiary/aromatic N) is 2. The van der Waals surface area contributed by atoms with Crippen LogP contribution in [-0.4, -0.2) is 21.0 Å². The molecule has 0 bridgehead atoms. The van der Waals surface area contributed by atoms with Gasteiger partial charge in [0, 0.05) is 16.6 Å². The molecule has 0 radical (unpaired) electrons. The fourth-order valence-electron chi connectivity index (χ4n) is 2.64. The van der Waals surface area contributed by atoms with Crippen molar-refractivity contribution in [2.24, 2.45) is 0 Å². The van der Waals surface area contributed by atoms with Crippen molar-refractivity contribution in [2.75, 3.05) is 5.32 Å². The van der Waals surface area contributed by atoms with E-state index < -0.39 is 5.97 Å². The number of nitrogens with one attached hydrogen (secondary N) is 1. The average molecular weight is 402 g/mol. The molecule has 0 saturated carbocycles. The molecule has 0 saturated heterocycles. The number of carbonyl (C=O) groups is 1. The Morgan fingerprint density at radius 2 is 1.74 bits per heavy atom. The normalized spacial score (nSPS) is 10.4. The zero-order chi connectivity index (χ0) is 18.1. The minimum Gasteiger partial charge on any atom is -0.478 e. The van der Waals surface area contributed by atoms with E-state index in [4.69, 9.17) is 5.11 Å². The monoisotopic (exact) mass is 401 g/mol. The highest BCUT2D eigenvalue weighted by Crippen LogP contribution is 2.37. The highest BCUT2D eigenvalue weighted by atomic mass is 35.5. The molecule has 0 atom stereocenters. The molecule has 0 aliphatic rings. The van der Waals surface area contributed by atoms with Crippen LogP contribution in [0.4, 0.5) is 15.9 Å². The predicted octanol–water partition coefficient (Wildman–Crippen LogP) is 5.36. The summed E-state index contributed by atoms with van der Waals surface area (Å²) < 4.78 is 13.2. The van der Waals surface area contributed by atoms with Gasteiger partial charge in [0.1, 0.15) is 22.8 Å². The van der Waals surface area contributed by atoms with Crippen molar-refractivity contribution >= 4 is 51.4 Å². The zero-order valence-corrected chi connectivity index (χ0v) is 15.4. The van der Waals surface area contributed by atoms with E-state index >= 15 is 0 Å². The summed E-state index contributed by atoms with van der Waals surface area (Å²) in [6, 6.07) is 12.7. The Hall–Kier alpha value is -3.03. The summed E-state index contributed by atoms with van der Waals surface area (Å²) in [5.41, 5.74) is 2.71. The number of anilines is 2. The Morgan fingerprint density at radius 3 is 2.41 bits per heavy atom. The van der Waals surface area contributed by atoms with E-state index in [0.717, 1.165) is 21.3 Å². The minimum atomic E-state index is -0.975. The van der Waals surface area contributed by atoms with E-state index in [1.807, 2.05) is 5.38 Å². The minimum absolute atomic E-state index is 0. The maximum atomic E-state index is 13.2. The van der Waals surface area contributed by atoms with Gasteiger partial charge in [-0.1, -0.05) is 12.1 Å². The summed E-state index contributed by atoms with van der Waals surface area (Å²) in [7, 11) is 0. The molecule has 2 N–H and O–H groups in total. The second-order valence-electron chi connectivity index (χ2n) is 5.57. The Bertz CT molecular complexity index is 1100. The summed E-state index contributed by atoms with van der Waals surface area (Å²) >= 11 is 1.48. The van der Waals surface area contributed by atoms with E-state index in [0.29, 0.717) is 11.5 Å². The summed E-state index contributed by atoms with van der Waals surface area (Å²) in [5.74, 6) is -0.655. The maximum absolute atomic E-state index is 13.2. The van der Waals surface area contributed by atoms with Gasteiger partial charge in [-0.3, -0.25) is 0 Å². The Kier molecular flexibility index (Phi) is 5.34. The van der Waals surface area contributed by atoms with E-state index in [2.05, 4.69) is 15.3 Å². The van der Waals surface area contributed by atoms with Crippen molar-refractivity contribution in [2.45, 2.75) is 0 Å². The molecule has 4 aromatic rings. The molecule has 2 heterocycles. The third kappa shape index (κ3) is 3.74. The number of hydrogen-bond donors (Lipinski definition) is 2. The van der Waals surface area contributed by atoms with Crippen molar-refractivity contribution in [3.8, 4) is 11.1 Å². The second kappa shape index (κ2) is 7.69. The van der Waals surface area contributed by atoms with Gasteiger partial charge in [0.2, 0.25) is 0 Å². The molecule has 5 nitrogen and oxygen atoms in total. The summed E-state index contributed by atoms with van der Waals surface area (Å²) in [6.45, 7) is 0. The quantitative estimate of drug-likeness (QED) is 0.481. The number of halogens is 2. The molecule has 136 valence electrons. The molecule has 8 heteroatoms. The first-order valence-electron chi connectivity index (χ1n) is 7.70. The van der Waals surface area contributed by atoms with Crippen molar-refractivity contribution in [3.05, 3.63) is 71.6 Å². The van der Waals surface area contributed by atoms with Crippen LogP contribution >= 0.6 is 23.7 Å². The van der Waals surface area contributed by atoms with Crippen LogP contribution in [0.1, 0.15) is 10.4 Å². The SMILES string of the molecule is Cl.O=C(O)c1ccc(Nc2ncnc3scc(-c4ccc(F)cc4)c23)cc1. The molecule has 0 fully saturated rings. The van der Waals surface area contributed by atoms with Crippen LogP contribution in [0.15, 0.2) is 60.2 Å². The van der Waals surface area contributed by atoms with E-state index in [-0.39, 0.29) is 23.8 Å². The topological polar surface area (TPSA) is 75.1 Å². The first-order chi connectivity index (χ1) is 12.6. The van der Waals surface area contributed by atoms with Crippen LogP contribution in [0.3, 0.4) is 0 Å². The zero-order valence-electron chi connectivity index (χ0n) is 13.7. The predicted molar refractivity (Wildman–Crippen MR) is 107 cm³/mol. The van der Waals surface area contributed by atoms with Crippen molar-refractivity contribution in [3.63, 3.8) is 0 Å². The van der Waals surface area contributed by atoms with Crippen LogP contribution in [0.25, 0.3) is 21.3 Å². The Labute approximate surface area is 163 Å². The maximum Gasteiger partial charge on any atom is 0.335 e. The molecule has 27 heavy (non-hydrogen) atoms. The lowest BCUT2D eigenvalue weighted by molar-refractivity contribution is 0.0697. The highest BCUT2D eigenvalue weighted by Gasteiger charge is 2.13. The highest BCUT2D eigenvalue weighted by molar-refractivity contribution is 7.17. The number of thiophene rings is 1. The first-order valence-corrected chi connectivity index (χ1v) is 8.58. The van der Waals surface area contributed by atoms with Crippen LogP contribution in [-0.2, 0) is 0 Å². The molecule has 0 unspecified atom stereocenters. The molecule has 0 amide bonds. The van der Waals surface area contributed by atoms with Gasteiger partial charge in [0.05, 0.1) is 10.9 Å². The number of hydrogen-bond acceptors (Lipinski definition) is 5. The summed E-state index contributed by atoms with van der Waals surface area (Å²) in [5, 5.41) is 15.0. The molecule has 2 aromatic heterocycles. The van der Waals surface area contributed by atoms with E-state index in [1.54, 1.807) is 24.3 Å². The molecule has 4 rings (SSSR count). The lowest BCUT2D eigenvalue weighted by Crippen LogP contribution is -1.98. The van der Waals surface area contributed by atoms with Gasteiger partial charge in [-0.2, -0.15) is 0 Å². The number of carboxylic acid groups (broad SMARTS) is 1. The van der Waals surface area contributed by atoms with Gasteiger partial charge in [-0.25, -0.2) is 19.2 Å². The van der Waals surface area contributed by atoms with E-state index in [9.17, 15) is 9.18 Å². The van der Waals surface area contributed by atoms with Gasteiger partial charge in [0.15, 0.2) is 0 Å². The van der Waals surface area contributed by atoms with Gasteiger partial charge < -0.3 is 10.4 Å². The lowest BCUT2D eigenvalue weighted by atomic mass is 10.1. The molecule has 2 aromatic carbocycles. The molecule has 0 aliphatic heterocycles. The Morgan fingerprint density at radius 1 is 1.04 bits per heavy atom. The van der Waals surface area contributed by atoms with Crippen LogP contribution in [0, 0.1) is 5.82 Å². The molecule has 0 aliphatic carbocycles. The van der Waals surface area contributed by atoms with Crippen LogP contribution < -0.4 is 5.32 Å². The van der Waals surface area contributed by atoms with Crippen molar-refractivity contribution in [1.82, 2.24) is 9.97 Å². The molecule has 0 spiro atoms. The van der Waals surface area contributed by atoms with Gasteiger partial charge >= 0.3 is 5.97 Å². The van der Waals surface area contributed by atoms with E-state index in [1.165, 1.54) is 41.9 Å². The fraction of sp³-hybridized carbons (Fsp3) is 0. The van der Waals surface area contributed by atoms with Gasteiger partial charge in [-0.05, 0) is 42.0 Å². The summed E-state index contributed by atoms with van der Waals surface area (Å²) in [4.78, 5) is 20.4. The van der Waals surface area contributed by atoms with Gasteiger partial charge in [-0.15, -0.1) is 23.7 Å². The van der Waals surface area contributed by atoms with Crippen LogP contribution in [0.2, 0.25) is 0 Å². The standard InChI is InChI=1S/C19H12FN3O2S.ClH/c20-13-5-1-11(2-6-13)15-9-26-18-16(15)17(21-10-22-18)23-14-7-3-12(4-8-14)19(24)25;/h1-10H,(H,24,25)(H,21,22,23);1H. The number of carboxylic acids is 1. The van der Waals surface area contributed by atoms with Crippen LogP contribution in [0.5, 0.6) is 0 Å². The average Bonchev–Trinajstić information content (AvgIpc) is 3.08. The number of benzene rings is 2. The number of aromatic nitrogens is 2. The number of rotatable bonds is 4. The first kappa shape index (κ1) is 18.8. The molecular formula is C19H13ClFN3O2S. The third-order valence-electron chi connectivity index (χ3n) is 3.92. The van der Waals surface area contributed by atoms with Crippen molar-refractivity contribution < 1.29 is 14.3 Å². The fourth-order valence-corrected chi connectivity index (χ4v) is 3.56.